The molecule has 0 spiro atoms. The molecular weight excluding hydrogens is 242 g/mol. The molecule has 17 heavy (non-hydrogen) atoms. The minimum absolute atomic E-state index is 0.00136. The zero-order valence-corrected chi connectivity index (χ0v) is 9.53. The van der Waals surface area contributed by atoms with Gasteiger partial charge >= 0.3 is 5.97 Å². The summed E-state index contributed by atoms with van der Waals surface area (Å²) in [5, 5.41) is 16.0. The number of benzene rings is 1. The third-order valence-electron chi connectivity index (χ3n) is 2.38. The zero-order valence-electron chi connectivity index (χ0n) is 8.77. The van der Waals surface area contributed by atoms with E-state index in [0.717, 1.165) is 5.56 Å². The Morgan fingerprint density at radius 1 is 1.41 bits per heavy atom. The average molecular weight is 252 g/mol. The van der Waals surface area contributed by atoms with Crippen LogP contribution in [-0.4, -0.2) is 21.3 Å². The van der Waals surface area contributed by atoms with Gasteiger partial charge in [0.1, 0.15) is 5.56 Å². The molecule has 1 heterocycles. The van der Waals surface area contributed by atoms with Gasteiger partial charge in [0.05, 0.1) is 5.69 Å². The SMILES string of the molecule is Nc1n[nH]c(Cc2ccc(Cl)cc2)c1C(=O)O. The summed E-state index contributed by atoms with van der Waals surface area (Å²) in [6.45, 7) is 0. The number of aromatic amines is 1. The van der Waals surface area contributed by atoms with Crippen LogP contribution in [0.1, 0.15) is 21.6 Å². The number of hydrogen-bond donors (Lipinski definition) is 3. The second-order valence-corrected chi connectivity index (χ2v) is 4.01. The van der Waals surface area contributed by atoms with Gasteiger partial charge in [-0.3, -0.25) is 5.10 Å². The van der Waals surface area contributed by atoms with Crippen molar-refractivity contribution in [3.8, 4) is 0 Å². The molecule has 0 aliphatic rings. The van der Waals surface area contributed by atoms with Gasteiger partial charge in [-0.05, 0) is 17.7 Å². The van der Waals surface area contributed by atoms with Crippen molar-refractivity contribution in [2.75, 3.05) is 5.73 Å². The number of halogens is 1. The summed E-state index contributed by atoms with van der Waals surface area (Å²) < 4.78 is 0. The lowest BCUT2D eigenvalue weighted by molar-refractivity contribution is 0.0697. The quantitative estimate of drug-likeness (QED) is 0.777. The van der Waals surface area contributed by atoms with E-state index in [1.165, 1.54) is 0 Å². The molecule has 0 unspecified atom stereocenters. The number of carboxylic acids is 1. The molecule has 1 aromatic heterocycles. The van der Waals surface area contributed by atoms with Crippen LogP contribution in [0.4, 0.5) is 5.82 Å². The molecule has 0 radical (unpaired) electrons. The maximum Gasteiger partial charge on any atom is 0.341 e. The number of rotatable bonds is 3. The summed E-state index contributed by atoms with van der Waals surface area (Å²) in [5.41, 5.74) is 6.92. The highest BCUT2D eigenvalue weighted by atomic mass is 35.5. The van der Waals surface area contributed by atoms with Crippen LogP contribution in [-0.2, 0) is 6.42 Å². The molecule has 2 rings (SSSR count). The fourth-order valence-corrected chi connectivity index (χ4v) is 1.69. The summed E-state index contributed by atoms with van der Waals surface area (Å²) in [4.78, 5) is 11.0. The van der Waals surface area contributed by atoms with Gasteiger partial charge in [-0.2, -0.15) is 5.10 Å². The summed E-state index contributed by atoms with van der Waals surface area (Å²) in [5.74, 6) is -1.08. The van der Waals surface area contributed by atoms with Gasteiger partial charge in [0.25, 0.3) is 0 Å². The first-order valence-electron chi connectivity index (χ1n) is 4.88. The smallest absolute Gasteiger partial charge is 0.341 e. The molecule has 0 saturated heterocycles. The molecule has 0 bridgehead atoms. The van der Waals surface area contributed by atoms with E-state index >= 15 is 0 Å². The largest absolute Gasteiger partial charge is 0.477 e. The van der Waals surface area contributed by atoms with Crippen molar-refractivity contribution in [1.29, 1.82) is 0 Å². The number of nitrogens with one attached hydrogen (secondary N) is 1. The van der Waals surface area contributed by atoms with Crippen molar-refractivity contribution in [3.05, 3.63) is 46.1 Å². The minimum Gasteiger partial charge on any atom is -0.477 e. The molecule has 0 saturated carbocycles. The number of aromatic nitrogens is 2. The molecule has 0 amide bonds. The maximum absolute atomic E-state index is 11.0. The van der Waals surface area contributed by atoms with Crippen molar-refractivity contribution in [3.63, 3.8) is 0 Å². The van der Waals surface area contributed by atoms with Gasteiger partial charge < -0.3 is 10.8 Å². The second-order valence-electron chi connectivity index (χ2n) is 3.57. The summed E-state index contributed by atoms with van der Waals surface area (Å²) >= 11 is 5.77. The van der Waals surface area contributed by atoms with Crippen molar-refractivity contribution >= 4 is 23.4 Å². The van der Waals surface area contributed by atoms with Gasteiger partial charge in [0.15, 0.2) is 5.82 Å². The Bertz CT molecular complexity index is 548. The minimum atomic E-state index is -1.08. The number of nitrogens with zero attached hydrogens (tertiary/aromatic N) is 1. The first-order chi connectivity index (χ1) is 8.08. The van der Waals surface area contributed by atoms with Crippen LogP contribution in [0.2, 0.25) is 5.02 Å². The van der Waals surface area contributed by atoms with Gasteiger partial charge in [0.2, 0.25) is 0 Å². The summed E-state index contributed by atoms with van der Waals surface area (Å²) in [6, 6.07) is 7.14. The van der Waals surface area contributed by atoms with Crippen LogP contribution in [0.3, 0.4) is 0 Å². The fraction of sp³-hybridized carbons (Fsp3) is 0.0909. The standard InChI is InChI=1S/C11H10ClN3O2/c12-7-3-1-6(2-4-7)5-8-9(11(16)17)10(13)15-14-8/h1-4H,5H2,(H,16,17)(H3,13,14,15). The Morgan fingerprint density at radius 2 is 2.06 bits per heavy atom. The molecule has 88 valence electrons. The normalized spacial score (nSPS) is 10.4. The van der Waals surface area contributed by atoms with Gasteiger partial charge in [-0.1, -0.05) is 23.7 Å². The van der Waals surface area contributed by atoms with E-state index in [-0.39, 0.29) is 11.4 Å². The lowest BCUT2D eigenvalue weighted by Crippen LogP contribution is -2.04. The molecular formula is C11H10ClN3O2. The number of carbonyl (C=O) groups is 1. The average Bonchev–Trinajstić information content (AvgIpc) is 2.63. The maximum atomic E-state index is 11.0. The van der Waals surface area contributed by atoms with E-state index in [1.54, 1.807) is 12.1 Å². The van der Waals surface area contributed by atoms with Gasteiger partial charge in [-0.15, -0.1) is 0 Å². The molecule has 0 aliphatic heterocycles. The Kier molecular flexibility index (Phi) is 3.01. The van der Waals surface area contributed by atoms with E-state index in [0.29, 0.717) is 17.1 Å². The number of aromatic carboxylic acids is 1. The molecule has 2 aromatic rings. The molecule has 4 N–H and O–H groups in total. The Hall–Kier alpha value is -2.01. The van der Waals surface area contributed by atoms with Crippen LogP contribution < -0.4 is 5.73 Å². The molecule has 6 heteroatoms. The highest BCUT2D eigenvalue weighted by molar-refractivity contribution is 6.30. The third kappa shape index (κ3) is 2.39. The Balaban J connectivity index is 2.30. The van der Waals surface area contributed by atoms with E-state index in [2.05, 4.69) is 10.2 Å². The molecule has 0 aliphatic carbocycles. The van der Waals surface area contributed by atoms with Crippen LogP contribution in [0.5, 0.6) is 0 Å². The zero-order chi connectivity index (χ0) is 12.4. The number of anilines is 1. The first kappa shape index (κ1) is 11.5. The van der Waals surface area contributed by atoms with E-state index in [9.17, 15) is 4.79 Å². The second kappa shape index (κ2) is 4.47. The Labute approximate surface area is 102 Å². The lowest BCUT2D eigenvalue weighted by Gasteiger charge is -2.01. The number of H-pyrrole nitrogens is 1. The highest BCUT2D eigenvalue weighted by Crippen LogP contribution is 2.18. The van der Waals surface area contributed by atoms with Crippen molar-refractivity contribution in [2.24, 2.45) is 0 Å². The third-order valence-corrected chi connectivity index (χ3v) is 2.63. The number of carboxylic acid groups (broad SMARTS) is 1. The van der Waals surface area contributed by atoms with Crippen LogP contribution in [0.25, 0.3) is 0 Å². The summed E-state index contributed by atoms with van der Waals surface area (Å²) in [7, 11) is 0. The molecule has 1 aromatic carbocycles. The molecule has 0 atom stereocenters. The molecule has 0 fully saturated rings. The van der Waals surface area contributed by atoms with E-state index in [4.69, 9.17) is 22.4 Å². The van der Waals surface area contributed by atoms with Gasteiger partial charge in [-0.25, -0.2) is 4.79 Å². The number of nitrogens with two attached hydrogens (primary N) is 1. The van der Waals surface area contributed by atoms with E-state index in [1.807, 2.05) is 12.1 Å². The van der Waals surface area contributed by atoms with Crippen molar-refractivity contribution < 1.29 is 9.90 Å². The predicted octanol–water partition coefficient (Wildman–Crippen LogP) is 1.93. The highest BCUT2D eigenvalue weighted by Gasteiger charge is 2.17. The van der Waals surface area contributed by atoms with Crippen LogP contribution >= 0.6 is 11.6 Å². The van der Waals surface area contributed by atoms with Gasteiger partial charge in [0, 0.05) is 11.4 Å². The first-order valence-corrected chi connectivity index (χ1v) is 5.26. The fourth-order valence-electron chi connectivity index (χ4n) is 1.57. The van der Waals surface area contributed by atoms with E-state index < -0.39 is 5.97 Å². The summed E-state index contributed by atoms with van der Waals surface area (Å²) in [6.07, 6.45) is 0.420. The lowest BCUT2D eigenvalue weighted by atomic mass is 10.1. The predicted molar refractivity (Wildman–Crippen MR) is 64.2 cm³/mol. The topological polar surface area (TPSA) is 92.0 Å². The monoisotopic (exact) mass is 251 g/mol. The van der Waals surface area contributed by atoms with Crippen LogP contribution in [0, 0.1) is 0 Å². The molecule has 5 nitrogen and oxygen atoms in total. The number of hydrogen-bond acceptors (Lipinski definition) is 3. The van der Waals surface area contributed by atoms with Crippen molar-refractivity contribution in [2.45, 2.75) is 6.42 Å². The number of nitrogen functional groups attached to an aromatic ring is 1. The van der Waals surface area contributed by atoms with Crippen LogP contribution in [0.15, 0.2) is 24.3 Å². The Morgan fingerprint density at radius 3 is 2.65 bits per heavy atom. The van der Waals surface area contributed by atoms with Crippen molar-refractivity contribution in [1.82, 2.24) is 10.2 Å².